The van der Waals surface area contributed by atoms with Crippen molar-refractivity contribution in [3.05, 3.63) is 28.8 Å². The molecule has 1 aliphatic rings. The van der Waals surface area contributed by atoms with Gasteiger partial charge in [0, 0.05) is 17.5 Å². The highest BCUT2D eigenvalue weighted by atomic mass is 16.7. The molecule has 112 valence electrons. The summed E-state index contributed by atoms with van der Waals surface area (Å²) in [7, 11) is 0. The molecule has 6 heteroatoms. The first-order chi connectivity index (χ1) is 9.81. The van der Waals surface area contributed by atoms with Gasteiger partial charge in [-0.05, 0) is 31.5 Å². The van der Waals surface area contributed by atoms with Gasteiger partial charge >= 0.3 is 5.97 Å². The Balaban J connectivity index is 2.35. The third-order valence-corrected chi connectivity index (χ3v) is 3.69. The second kappa shape index (κ2) is 5.55. The molecule has 1 aliphatic heterocycles. The molecular formula is C15H17NO5. The van der Waals surface area contributed by atoms with Crippen LogP contribution in [0.1, 0.15) is 47.7 Å². The molecule has 2 unspecified atom stereocenters. The Morgan fingerprint density at radius 3 is 2.71 bits per heavy atom. The normalized spacial score (nSPS) is 18.2. The van der Waals surface area contributed by atoms with E-state index >= 15 is 0 Å². The quantitative estimate of drug-likeness (QED) is 0.825. The number of hydrogen-bond acceptors (Lipinski definition) is 4. The lowest BCUT2D eigenvalue weighted by molar-refractivity contribution is -0.141. The number of carboxylic acid groups (broad SMARTS) is 1. The standard InChI is InChI=1S/C15H17NO5/c1-7-5-13-11(9(3)14(18)16-21-13)6-10(7)12(17)4-8(2)15(19)20/h5-6,8-9H,4H2,1-3H3,(H,16,18)(H,19,20). The van der Waals surface area contributed by atoms with Gasteiger partial charge in [-0.2, -0.15) is 5.48 Å². The largest absolute Gasteiger partial charge is 0.481 e. The fourth-order valence-electron chi connectivity index (χ4n) is 2.24. The molecule has 2 rings (SSSR count). The lowest BCUT2D eigenvalue weighted by Crippen LogP contribution is -2.36. The molecule has 1 aromatic carbocycles. The third kappa shape index (κ3) is 2.89. The Labute approximate surface area is 122 Å². The number of aryl methyl sites for hydroxylation is 1. The number of benzene rings is 1. The van der Waals surface area contributed by atoms with Gasteiger partial charge in [0.2, 0.25) is 0 Å². The topological polar surface area (TPSA) is 92.7 Å². The number of ketones is 1. The SMILES string of the molecule is Cc1cc2c(cc1C(=O)CC(C)C(=O)O)C(C)C(=O)NO2. The van der Waals surface area contributed by atoms with Crippen molar-refractivity contribution in [3.63, 3.8) is 0 Å². The Morgan fingerprint density at radius 1 is 1.43 bits per heavy atom. The summed E-state index contributed by atoms with van der Waals surface area (Å²) in [5, 5.41) is 8.89. The van der Waals surface area contributed by atoms with Crippen molar-refractivity contribution >= 4 is 17.7 Å². The van der Waals surface area contributed by atoms with Gasteiger partial charge in [-0.25, -0.2) is 0 Å². The van der Waals surface area contributed by atoms with Crippen molar-refractivity contribution in [2.75, 3.05) is 0 Å². The van der Waals surface area contributed by atoms with Gasteiger partial charge in [0.1, 0.15) is 0 Å². The van der Waals surface area contributed by atoms with Gasteiger partial charge in [0.15, 0.2) is 11.5 Å². The highest BCUT2D eigenvalue weighted by molar-refractivity contribution is 6.00. The van der Waals surface area contributed by atoms with Crippen LogP contribution < -0.4 is 10.3 Å². The summed E-state index contributed by atoms with van der Waals surface area (Å²) in [4.78, 5) is 39.8. The van der Waals surface area contributed by atoms with Gasteiger partial charge in [-0.3, -0.25) is 14.4 Å². The van der Waals surface area contributed by atoms with Crippen LogP contribution in [0.2, 0.25) is 0 Å². The maximum absolute atomic E-state index is 12.2. The number of hydrogen-bond donors (Lipinski definition) is 2. The molecule has 1 amide bonds. The van der Waals surface area contributed by atoms with Crippen LogP contribution in [0.4, 0.5) is 0 Å². The van der Waals surface area contributed by atoms with E-state index < -0.39 is 17.8 Å². The monoisotopic (exact) mass is 291 g/mol. The van der Waals surface area contributed by atoms with Gasteiger partial charge < -0.3 is 9.94 Å². The molecule has 0 saturated carbocycles. The fourth-order valence-corrected chi connectivity index (χ4v) is 2.24. The molecule has 6 nitrogen and oxygen atoms in total. The average Bonchev–Trinajstić information content (AvgIpc) is 2.42. The van der Waals surface area contributed by atoms with E-state index in [0.717, 1.165) is 0 Å². The molecule has 1 aromatic rings. The minimum Gasteiger partial charge on any atom is -0.481 e. The van der Waals surface area contributed by atoms with E-state index in [9.17, 15) is 14.4 Å². The Hall–Kier alpha value is -2.37. The van der Waals surface area contributed by atoms with Crippen LogP contribution in [0.15, 0.2) is 12.1 Å². The number of hydroxylamine groups is 1. The summed E-state index contributed by atoms with van der Waals surface area (Å²) < 4.78 is 0. The van der Waals surface area contributed by atoms with Crippen LogP contribution in [0.3, 0.4) is 0 Å². The molecule has 0 aliphatic carbocycles. The highest BCUT2D eigenvalue weighted by Gasteiger charge is 2.28. The van der Waals surface area contributed by atoms with Gasteiger partial charge in [-0.1, -0.05) is 6.92 Å². The van der Waals surface area contributed by atoms with Crippen molar-refractivity contribution in [2.45, 2.75) is 33.1 Å². The van der Waals surface area contributed by atoms with E-state index in [2.05, 4.69) is 5.48 Å². The van der Waals surface area contributed by atoms with Crippen LogP contribution in [-0.4, -0.2) is 22.8 Å². The lowest BCUT2D eigenvalue weighted by atomic mass is 9.90. The second-order valence-electron chi connectivity index (χ2n) is 5.36. The number of fused-ring (bicyclic) bond motifs is 1. The van der Waals surface area contributed by atoms with E-state index in [0.29, 0.717) is 22.4 Å². The zero-order chi connectivity index (χ0) is 15.7. The molecule has 0 bridgehead atoms. The minimum absolute atomic E-state index is 0.0730. The number of carbonyl (C=O) groups is 3. The van der Waals surface area contributed by atoms with E-state index in [1.807, 2.05) is 0 Å². The van der Waals surface area contributed by atoms with E-state index in [1.54, 1.807) is 26.0 Å². The van der Waals surface area contributed by atoms with Crippen molar-refractivity contribution in [1.82, 2.24) is 5.48 Å². The summed E-state index contributed by atoms with van der Waals surface area (Å²) >= 11 is 0. The van der Waals surface area contributed by atoms with Crippen LogP contribution in [0.25, 0.3) is 0 Å². The van der Waals surface area contributed by atoms with E-state index in [-0.39, 0.29) is 18.1 Å². The number of amides is 1. The minimum atomic E-state index is -1.00. The Bertz CT molecular complexity index is 623. The third-order valence-electron chi connectivity index (χ3n) is 3.69. The van der Waals surface area contributed by atoms with Crippen molar-refractivity contribution in [3.8, 4) is 5.75 Å². The van der Waals surface area contributed by atoms with E-state index in [1.165, 1.54) is 6.92 Å². The van der Waals surface area contributed by atoms with Gasteiger partial charge in [-0.15, -0.1) is 0 Å². The van der Waals surface area contributed by atoms with Crippen molar-refractivity contribution < 1.29 is 24.3 Å². The number of aliphatic carboxylic acids is 1. The zero-order valence-electron chi connectivity index (χ0n) is 12.1. The first-order valence-corrected chi connectivity index (χ1v) is 6.68. The van der Waals surface area contributed by atoms with Gasteiger partial charge in [0.05, 0.1) is 11.8 Å². The summed E-state index contributed by atoms with van der Waals surface area (Å²) in [6, 6.07) is 3.31. The van der Waals surface area contributed by atoms with Crippen LogP contribution in [-0.2, 0) is 9.59 Å². The zero-order valence-corrected chi connectivity index (χ0v) is 12.1. The number of carboxylic acids is 1. The summed E-state index contributed by atoms with van der Waals surface area (Å²) in [6.45, 7) is 4.97. The summed E-state index contributed by atoms with van der Waals surface area (Å²) in [6.07, 6.45) is -0.0730. The summed E-state index contributed by atoms with van der Waals surface area (Å²) in [5.41, 5.74) is 4.08. The Morgan fingerprint density at radius 2 is 2.10 bits per heavy atom. The number of rotatable bonds is 4. The summed E-state index contributed by atoms with van der Waals surface area (Å²) in [5.74, 6) is -2.17. The van der Waals surface area contributed by atoms with Crippen LogP contribution >= 0.6 is 0 Å². The predicted molar refractivity (Wildman–Crippen MR) is 74.1 cm³/mol. The molecule has 0 aromatic heterocycles. The number of carbonyl (C=O) groups excluding carboxylic acids is 2. The molecule has 2 N–H and O–H groups in total. The molecule has 1 heterocycles. The smallest absolute Gasteiger partial charge is 0.306 e. The molecule has 2 atom stereocenters. The van der Waals surface area contributed by atoms with Crippen LogP contribution in [0.5, 0.6) is 5.75 Å². The lowest BCUT2D eigenvalue weighted by Gasteiger charge is -2.23. The highest BCUT2D eigenvalue weighted by Crippen LogP contribution is 2.33. The average molecular weight is 291 g/mol. The first-order valence-electron chi connectivity index (χ1n) is 6.68. The number of nitrogens with one attached hydrogen (secondary N) is 1. The number of Topliss-reactive ketones (excluding diaryl/α,β-unsaturated/α-hetero) is 1. The predicted octanol–water partition coefficient (Wildman–Crippen LogP) is 1.82. The molecule has 0 radical (unpaired) electrons. The van der Waals surface area contributed by atoms with Crippen LogP contribution in [0, 0.1) is 12.8 Å². The van der Waals surface area contributed by atoms with Gasteiger partial charge in [0.25, 0.3) is 5.91 Å². The fraction of sp³-hybridized carbons (Fsp3) is 0.400. The second-order valence-corrected chi connectivity index (χ2v) is 5.36. The maximum atomic E-state index is 12.2. The Kier molecular flexibility index (Phi) is 3.97. The van der Waals surface area contributed by atoms with E-state index in [4.69, 9.17) is 9.94 Å². The molecule has 0 saturated heterocycles. The van der Waals surface area contributed by atoms with Crippen molar-refractivity contribution in [2.24, 2.45) is 5.92 Å². The molecular weight excluding hydrogens is 274 g/mol. The molecule has 0 fully saturated rings. The maximum Gasteiger partial charge on any atom is 0.306 e. The van der Waals surface area contributed by atoms with Crippen molar-refractivity contribution in [1.29, 1.82) is 0 Å². The first kappa shape index (κ1) is 15.0. The molecule has 21 heavy (non-hydrogen) atoms. The molecule has 0 spiro atoms.